The standard InChI is InChI=1S/C10H8N2O6/c13-8(14)5-1-3-6(4-2-5)11-12-7(9(15)16)10(17)18/h1-4,11H,(H,13,14)(H,15,16)(H,17,18). The molecule has 4 N–H and O–H groups in total. The molecule has 0 saturated heterocycles. The molecule has 8 nitrogen and oxygen atoms in total. The van der Waals surface area contributed by atoms with Crippen molar-refractivity contribution in [3.63, 3.8) is 0 Å². The van der Waals surface area contributed by atoms with Crippen LogP contribution in [0.25, 0.3) is 0 Å². The number of benzene rings is 1. The molecule has 0 aliphatic carbocycles. The zero-order valence-corrected chi connectivity index (χ0v) is 8.82. The average Bonchev–Trinajstić information content (AvgIpc) is 2.28. The molecule has 8 heteroatoms. The van der Waals surface area contributed by atoms with Crippen molar-refractivity contribution in [2.24, 2.45) is 5.10 Å². The van der Waals surface area contributed by atoms with Gasteiger partial charge < -0.3 is 15.3 Å². The first kappa shape index (κ1) is 13.2. The van der Waals surface area contributed by atoms with Crippen molar-refractivity contribution in [2.75, 3.05) is 5.43 Å². The van der Waals surface area contributed by atoms with E-state index in [9.17, 15) is 14.4 Å². The van der Waals surface area contributed by atoms with Crippen molar-refractivity contribution in [1.29, 1.82) is 0 Å². The fourth-order valence-electron chi connectivity index (χ4n) is 0.995. The van der Waals surface area contributed by atoms with E-state index in [0.717, 1.165) is 0 Å². The zero-order valence-electron chi connectivity index (χ0n) is 8.82. The van der Waals surface area contributed by atoms with Crippen LogP contribution in [0.2, 0.25) is 0 Å². The second-order valence-electron chi connectivity index (χ2n) is 3.07. The summed E-state index contributed by atoms with van der Waals surface area (Å²) >= 11 is 0. The minimum Gasteiger partial charge on any atom is -0.478 e. The van der Waals surface area contributed by atoms with Crippen molar-refractivity contribution in [3.8, 4) is 0 Å². The third kappa shape index (κ3) is 3.30. The predicted octanol–water partition coefficient (Wildman–Crippen LogP) is 0.322. The van der Waals surface area contributed by atoms with E-state index in [2.05, 4.69) is 10.5 Å². The number of anilines is 1. The SMILES string of the molecule is O=C(O)C(=NNc1ccc(C(=O)O)cc1)C(=O)O. The molecule has 0 atom stereocenters. The van der Waals surface area contributed by atoms with Crippen LogP contribution in [0.1, 0.15) is 10.4 Å². The summed E-state index contributed by atoms with van der Waals surface area (Å²) in [4.78, 5) is 31.5. The molecule has 0 aliphatic heterocycles. The Morgan fingerprint density at radius 3 is 1.83 bits per heavy atom. The Kier molecular flexibility index (Phi) is 3.98. The maximum absolute atomic E-state index is 10.6. The second kappa shape index (κ2) is 5.43. The minimum atomic E-state index is -1.68. The van der Waals surface area contributed by atoms with Gasteiger partial charge in [-0.1, -0.05) is 0 Å². The van der Waals surface area contributed by atoms with Crippen LogP contribution in [-0.4, -0.2) is 38.9 Å². The Morgan fingerprint density at radius 2 is 1.44 bits per heavy atom. The van der Waals surface area contributed by atoms with Gasteiger partial charge in [0.05, 0.1) is 11.3 Å². The Labute approximate surface area is 100 Å². The van der Waals surface area contributed by atoms with Gasteiger partial charge in [-0.3, -0.25) is 5.43 Å². The van der Waals surface area contributed by atoms with Crippen molar-refractivity contribution in [2.45, 2.75) is 0 Å². The summed E-state index contributed by atoms with van der Waals surface area (Å²) in [5.74, 6) is -4.48. The van der Waals surface area contributed by atoms with Crippen LogP contribution >= 0.6 is 0 Å². The summed E-state index contributed by atoms with van der Waals surface area (Å²) < 4.78 is 0. The smallest absolute Gasteiger partial charge is 0.364 e. The number of carboxylic acids is 3. The number of rotatable bonds is 5. The highest BCUT2D eigenvalue weighted by atomic mass is 16.4. The van der Waals surface area contributed by atoms with E-state index in [1.807, 2.05) is 0 Å². The Morgan fingerprint density at radius 1 is 0.944 bits per heavy atom. The van der Waals surface area contributed by atoms with E-state index in [1.54, 1.807) is 0 Å². The maximum Gasteiger partial charge on any atom is 0.364 e. The Balaban J connectivity index is 2.85. The van der Waals surface area contributed by atoms with Gasteiger partial charge in [-0.05, 0) is 24.3 Å². The number of carboxylic acid groups (broad SMARTS) is 3. The van der Waals surface area contributed by atoms with Crippen LogP contribution in [0.15, 0.2) is 29.4 Å². The van der Waals surface area contributed by atoms with E-state index in [4.69, 9.17) is 15.3 Å². The Hall–Kier alpha value is -2.90. The van der Waals surface area contributed by atoms with Crippen LogP contribution in [0.4, 0.5) is 5.69 Å². The first-order valence-electron chi connectivity index (χ1n) is 4.55. The molecule has 0 radical (unpaired) electrons. The number of hydrazone groups is 1. The van der Waals surface area contributed by atoms with Gasteiger partial charge in [-0.25, -0.2) is 14.4 Å². The molecule has 0 aromatic heterocycles. The highest BCUT2D eigenvalue weighted by molar-refractivity contribution is 6.61. The number of aliphatic carboxylic acids is 2. The molecule has 0 amide bonds. The van der Waals surface area contributed by atoms with Gasteiger partial charge in [-0.15, -0.1) is 0 Å². The molecule has 0 spiro atoms. The predicted molar refractivity (Wildman–Crippen MR) is 59.7 cm³/mol. The van der Waals surface area contributed by atoms with Crippen molar-refractivity contribution < 1.29 is 29.7 Å². The quantitative estimate of drug-likeness (QED) is 0.336. The number of hydrogen-bond acceptors (Lipinski definition) is 5. The Bertz CT molecular complexity index is 504. The highest BCUT2D eigenvalue weighted by Gasteiger charge is 2.18. The van der Waals surface area contributed by atoms with E-state index in [0.29, 0.717) is 0 Å². The van der Waals surface area contributed by atoms with E-state index in [1.165, 1.54) is 24.3 Å². The van der Waals surface area contributed by atoms with Crippen molar-refractivity contribution >= 4 is 29.3 Å². The van der Waals surface area contributed by atoms with E-state index >= 15 is 0 Å². The second-order valence-corrected chi connectivity index (χ2v) is 3.07. The van der Waals surface area contributed by atoms with Crippen LogP contribution in [0.3, 0.4) is 0 Å². The molecule has 1 aromatic rings. The summed E-state index contributed by atoms with van der Waals surface area (Å²) in [5, 5.41) is 28.8. The first-order chi connectivity index (χ1) is 8.41. The molecule has 0 unspecified atom stereocenters. The summed E-state index contributed by atoms with van der Waals surface area (Å²) in [7, 11) is 0. The third-order valence-electron chi connectivity index (χ3n) is 1.83. The van der Waals surface area contributed by atoms with Crippen LogP contribution in [0.5, 0.6) is 0 Å². The van der Waals surface area contributed by atoms with E-state index in [-0.39, 0.29) is 11.3 Å². The van der Waals surface area contributed by atoms with Crippen molar-refractivity contribution in [1.82, 2.24) is 0 Å². The molecule has 1 aromatic carbocycles. The number of nitrogens with one attached hydrogen (secondary N) is 1. The van der Waals surface area contributed by atoms with Gasteiger partial charge in [0.15, 0.2) is 0 Å². The molecule has 0 fully saturated rings. The van der Waals surface area contributed by atoms with Gasteiger partial charge in [0, 0.05) is 0 Å². The van der Waals surface area contributed by atoms with Crippen LogP contribution in [0, 0.1) is 0 Å². The van der Waals surface area contributed by atoms with Gasteiger partial charge in [-0.2, -0.15) is 5.10 Å². The lowest BCUT2D eigenvalue weighted by molar-refractivity contribution is -0.134. The van der Waals surface area contributed by atoms with Gasteiger partial charge in [0.1, 0.15) is 0 Å². The molecule has 18 heavy (non-hydrogen) atoms. The largest absolute Gasteiger partial charge is 0.478 e. The van der Waals surface area contributed by atoms with E-state index < -0.39 is 23.6 Å². The molecule has 0 saturated carbocycles. The molecule has 0 heterocycles. The average molecular weight is 252 g/mol. The number of carbonyl (C=O) groups is 3. The molecule has 1 rings (SSSR count). The number of nitrogens with zero attached hydrogens (tertiary/aromatic N) is 1. The summed E-state index contributed by atoms with van der Waals surface area (Å²) in [6.45, 7) is 0. The normalized spacial score (nSPS) is 9.33. The lowest BCUT2D eigenvalue weighted by atomic mass is 10.2. The fraction of sp³-hybridized carbons (Fsp3) is 0. The molecule has 0 aliphatic rings. The summed E-state index contributed by atoms with van der Waals surface area (Å²) in [5.41, 5.74) is 1.44. The number of aromatic carboxylic acids is 1. The van der Waals surface area contributed by atoms with Crippen LogP contribution < -0.4 is 5.43 Å². The topological polar surface area (TPSA) is 136 Å². The molecule has 0 bridgehead atoms. The summed E-state index contributed by atoms with van der Waals surface area (Å²) in [6.07, 6.45) is 0. The monoisotopic (exact) mass is 252 g/mol. The van der Waals surface area contributed by atoms with Gasteiger partial charge in [0.2, 0.25) is 0 Å². The zero-order chi connectivity index (χ0) is 13.7. The third-order valence-corrected chi connectivity index (χ3v) is 1.83. The van der Waals surface area contributed by atoms with Crippen LogP contribution in [-0.2, 0) is 9.59 Å². The molecular weight excluding hydrogens is 244 g/mol. The molecular formula is C10H8N2O6. The van der Waals surface area contributed by atoms with Crippen molar-refractivity contribution in [3.05, 3.63) is 29.8 Å². The maximum atomic E-state index is 10.6. The van der Waals surface area contributed by atoms with Gasteiger partial charge >= 0.3 is 17.9 Å². The molecule has 94 valence electrons. The highest BCUT2D eigenvalue weighted by Crippen LogP contribution is 2.09. The number of hydrogen-bond donors (Lipinski definition) is 4. The lowest BCUT2D eigenvalue weighted by Gasteiger charge is -2.01. The first-order valence-corrected chi connectivity index (χ1v) is 4.55. The van der Waals surface area contributed by atoms with Gasteiger partial charge in [0.25, 0.3) is 5.71 Å². The fourth-order valence-corrected chi connectivity index (χ4v) is 0.995. The summed E-state index contributed by atoms with van der Waals surface area (Å²) in [6, 6.07) is 5.19. The lowest BCUT2D eigenvalue weighted by Crippen LogP contribution is -2.24. The minimum absolute atomic E-state index is 0.0428.